The number of likely N-dealkylation sites (tertiary alicyclic amines) is 1. The molecule has 6 heteroatoms. The fraction of sp³-hybridized carbons (Fsp3) is 0.833. The van der Waals surface area contributed by atoms with Crippen LogP contribution in [0, 0.1) is 0 Å². The minimum atomic E-state index is -2.45. The van der Waals surface area contributed by atoms with Crippen LogP contribution < -0.4 is 0 Å². The summed E-state index contributed by atoms with van der Waals surface area (Å²) in [6.07, 6.45) is -3.59. The lowest BCUT2D eigenvalue weighted by atomic mass is 10.2. The number of carbonyl (C=O) groups is 1. The van der Waals surface area contributed by atoms with E-state index in [-0.39, 0.29) is 0 Å². The summed E-state index contributed by atoms with van der Waals surface area (Å²) >= 11 is 0. The average Bonchev–Trinajstić information content (AvgIpc) is 2.02. The van der Waals surface area contributed by atoms with Crippen LogP contribution in [0.2, 0.25) is 0 Å². The first kappa shape index (κ1) is 9.40. The number of carbonyl (C=O) groups excluding carboxylic acids is 1. The van der Waals surface area contributed by atoms with Gasteiger partial charge in [-0.1, -0.05) is 0 Å². The van der Waals surface area contributed by atoms with Gasteiger partial charge in [0, 0.05) is 0 Å². The quantitative estimate of drug-likeness (QED) is 0.333. The topological polar surface area (TPSA) is 101 Å². The third-order valence-electron chi connectivity index (χ3n) is 1.78. The molecule has 2 unspecified atom stereocenters. The molecular weight excluding hydrogens is 166 g/mol. The summed E-state index contributed by atoms with van der Waals surface area (Å²) in [6, 6.07) is 0. The minimum absolute atomic E-state index is 0.598. The van der Waals surface area contributed by atoms with E-state index in [1.165, 1.54) is 6.92 Å². The van der Waals surface area contributed by atoms with Crippen molar-refractivity contribution in [3.63, 3.8) is 0 Å². The van der Waals surface area contributed by atoms with Gasteiger partial charge in [0.05, 0.1) is 6.42 Å². The fourth-order valence-corrected chi connectivity index (χ4v) is 1.18. The van der Waals surface area contributed by atoms with Crippen molar-refractivity contribution in [1.29, 1.82) is 0 Å². The van der Waals surface area contributed by atoms with Crippen LogP contribution in [0.25, 0.3) is 0 Å². The summed E-state index contributed by atoms with van der Waals surface area (Å²) in [5.74, 6) is -3.14. The molecule has 4 N–H and O–H groups in total. The van der Waals surface area contributed by atoms with Crippen molar-refractivity contribution >= 4 is 5.91 Å². The Kier molecular flexibility index (Phi) is 2.09. The summed E-state index contributed by atoms with van der Waals surface area (Å²) in [5, 5.41) is 36.0. The van der Waals surface area contributed by atoms with Crippen molar-refractivity contribution in [2.45, 2.75) is 31.6 Å². The predicted molar refractivity (Wildman–Crippen MR) is 36.3 cm³/mol. The van der Waals surface area contributed by atoms with Crippen molar-refractivity contribution in [2.75, 3.05) is 0 Å². The minimum Gasteiger partial charge on any atom is -0.374 e. The molecule has 1 rings (SSSR count). The molecule has 1 aliphatic rings. The van der Waals surface area contributed by atoms with Crippen LogP contribution in [-0.4, -0.2) is 49.5 Å². The van der Waals surface area contributed by atoms with Crippen LogP contribution in [0.4, 0.5) is 0 Å². The van der Waals surface area contributed by atoms with Crippen LogP contribution >= 0.6 is 0 Å². The molecule has 1 heterocycles. The Balaban J connectivity index is 2.85. The molecule has 12 heavy (non-hydrogen) atoms. The predicted octanol–water partition coefficient (Wildman–Crippen LogP) is -2.44. The number of hydrogen-bond acceptors (Lipinski definition) is 5. The standard InChI is InChI=1S/C6H11NO5/c1-3(8)7-4(9)2-6(11,12)5(7)10/h3,5,8,10-12H,2H2,1H3. The highest BCUT2D eigenvalue weighted by molar-refractivity contribution is 5.80. The molecule has 1 aliphatic heterocycles. The first-order valence-electron chi connectivity index (χ1n) is 3.48. The second-order valence-electron chi connectivity index (χ2n) is 2.86. The van der Waals surface area contributed by atoms with Crippen LogP contribution in [0.5, 0.6) is 0 Å². The molecule has 0 spiro atoms. The van der Waals surface area contributed by atoms with E-state index >= 15 is 0 Å². The van der Waals surface area contributed by atoms with Crippen molar-refractivity contribution < 1.29 is 25.2 Å². The molecule has 0 bridgehead atoms. The normalized spacial score (nSPS) is 30.9. The van der Waals surface area contributed by atoms with E-state index in [0.717, 1.165) is 0 Å². The smallest absolute Gasteiger partial charge is 0.232 e. The molecule has 0 radical (unpaired) electrons. The molecule has 0 aliphatic carbocycles. The highest BCUT2D eigenvalue weighted by Gasteiger charge is 2.50. The lowest BCUT2D eigenvalue weighted by molar-refractivity contribution is -0.244. The maximum absolute atomic E-state index is 10.9. The van der Waals surface area contributed by atoms with Gasteiger partial charge in [0.25, 0.3) is 0 Å². The Bertz CT molecular complexity index is 202. The van der Waals surface area contributed by atoms with E-state index in [9.17, 15) is 4.79 Å². The zero-order valence-corrected chi connectivity index (χ0v) is 6.51. The highest BCUT2D eigenvalue weighted by Crippen LogP contribution is 2.26. The first-order chi connectivity index (χ1) is 5.36. The highest BCUT2D eigenvalue weighted by atomic mass is 16.5. The van der Waals surface area contributed by atoms with Gasteiger partial charge in [-0.3, -0.25) is 9.69 Å². The van der Waals surface area contributed by atoms with Crippen molar-refractivity contribution in [1.82, 2.24) is 4.90 Å². The summed E-state index contributed by atoms with van der Waals surface area (Å²) in [6.45, 7) is 1.25. The number of rotatable bonds is 1. The molecule has 70 valence electrons. The zero-order chi connectivity index (χ0) is 9.52. The molecule has 0 aromatic rings. The fourth-order valence-electron chi connectivity index (χ4n) is 1.18. The van der Waals surface area contributed by atoms with Gasteiger partial charge >= 0.3 is 0 Å². The van der Waals surface area contributed by atoms with Crippen LogP contribution in [-0.2, 0) is 4.79 Å². The van der Waals surface area contributed by atoms with Gasteiger partial charge in [-0.15, -0.1) is 0 Å². The van der Waals surface area contributed by atoms with Crippen LogP contribution in [0.1, 0.15) is 13.3 Å². The number of aliphatic hydroxyl groups is 4. The summed E-state index contributed by atoms with van der Waals surface area (Å²) in [7, 11) is 0. The van der Waals surface area contributed by atoms with Gasteiger partial charge in [0.1, 0.15) is 6.23 Å². The van der Waals surface area contributed by atoms with E-state index in [0.29, 0.717) is 4.90 Å². The first-order valence-corrected chi connectivity index (χ1v) is 3.48. The van der Waals surface area contributed by atoms with Crippen LogP contribution in [0.3, 0.4) is 0 Å². The molecule has 1 saturated heterocycles. The van der Waals surface area contributed by atoms with E-state index in [1.54, 1.807) is 0 Å². The maximum Gasteiger partial charge on any atom is 0.232 e. The molecular formula is C6H11NO5. The van der Waals surface area contributed by atoms with Crippen molar-refractivity contribution in [3.8, 4) is 0 Å². The summed E-state index contributed by atoms with van der Waals surface area (Å²) in [4.78, 5) is 11.5. The summed E-state index contributed by atoms with van der Waals surface area (Å²) < 4.78 is 0. The van der Waals surface area contributed by atoms with Gasteiger partial charge in [0.2, 0.25) is 11.7 Å². The molecule has 2 atom stereocenters. The lowest BCUT2D eigenvalue weighted by Gasteiger charge is -2.27. The monoisotopic (exact) mass is 177 g/mol. The molecule has 0 saturated carbocycles. The second kappa shape index (κ2) is 2.67. The zero-order valence-electron chi connectivity index (χ0n) is 6.51. The third-order valence-corrected chi connectivity index (χ3v) is 1.78. The number of aliphatic hydroxyl groups excluding tert-OH is 2. The lowest BCUT2D eigenvalue weighted by Crippen LogP contribution is -2.48. The Labute approximate surface area is 68.7 Å². The van der Waals surface area contributed by atoms with Gasteiger partial charge in [-0.2, -0.15) is 0 Å². The molecule has 6 nitrogen and oxygen atoms in total. The molecule has 0 aromatic carbocycles. The number of hydrogen-bond donors (Lipinski definition) is 4. The van der Waals surface area contributed by atoms with E-state index in [1.807, 2.05) is 0 Å². The van der Waals surface area contributed by atoms with E-state index < -0.39 is 30.6 Å². The number of nitrogens with zero attached hydrogens (tertiary/aromatic N) is 1. The van der Waals surface area contributed by atoms with Crippen molar-refractivity contribution in [2.24, 2.45) is 0 Å². The average molecular weight is 177 g/mol. The maximum atomic E-state index is 10.9. The van der Waals surface area contributed by atoms with Gasteiger partial charge in [-0.25, -0.2) is 0 Å². The van der Waals surface area contributed by atoms with E-state index in [2.05, 4.69) is 0 Å². The Hall–Kier alpha value is -0.690. The van der Waals surface area contributed by atoms with Crippen LogP contribution in [0.15, 0.2) is 0 Å². The SMILES string of the molecule is CC(O)N1C(=O)CC(O)(O)C1O. The summed E-state index contributed by atoms with van der Waals surface area (Å²) in [5.41, 5.74) is 0. The second-order valence-corrected chi connectivity index (χ2v) is 2.86. The Morgan fingerprint density at radius 3 is 2.33 bits per heavy atom. The van der Waals surface area contributed by atoms with Gasteiger partial charge in [-0.05, 0) is 6.92 Å². The molecule has 0 aromatic heterocycles. The molecule has 1 amide bonds. The Morgan fingerprint density at radius 2 is 2.17 bits per heavy atom. The van der Waals surface area contributed by atoms with Gasteiger partial charge < -0.3 is 20.4 Å². The van der Waals surface area contributed by atoms with Crippen molar-refractivity contribution in [3.05, 3.63) is 0 Å². The van der Waals surface area contributed by atoms with E-state index in [4.69, 9.17) is 20.4 Å². The molecule has 1 fully saturated rings. The third kappa shape index (κ3) is 1.29. The largest absolute Gasteiger partial charge is 0.374 e. The van der Waals surface area contributed by atoms with Gasteiger partial charge in [0.15, 0.2) is 6.23 Å². The Morgan fingerprint density at radius 1 is 1.67 bits per heavy atom. The number of amides is 1.